The van der Waals surface area contributed by atoms with E-state index in [9.17, 15) is 9.59 Å². The van der Waals surface area contributed by atoms with E-state index in [0.29, 0.717) is 18.1 Å². The van der Waals surface area contributed by atoms with Crippen molar-refractivity contribution in [1.82, 2.24) is 5.32 Å². The third-order valence-corrected chi connectivity index (χ3v) is 3.51. The molecule has 0 saturated heterocycles. The molecule has 1 aliphatic rings. The molecule has 2 atom stereocenters. The summed E-state index contributed by atoms with van der Waals surface area (Å²) < 4.78 is 21.4. The number of thiophene rings is 1. The van der Waals surface area contributed by atoms with Crippen LogP contribution in [0.3, 0.4) is 0 Å². The van der Waals surface area contributed by atoms with Gasteiger partial charge in [0.05, 0.1) is 0 Å². The van der Waals surface area contributed by atoms with E-state index >= 15 is 0 Å². The number of fused-ring (bicyclic) bond motifs is 1. The molecule has 0 aliphatic carbocycles. The van der Waals surface area contributed by atoms with Crippen LogP contribution in [0, 0.1) is 0 Å². The third kappa shape index (κ3) is 5.31. The van der Waals surface area contributed by atoms with Crippen molar-refractivity contribution in [3.05, 3.63) is 10.8 Å². The van der Waals surface area contributed by atoms with E-state index in [4.69, 9.17) is 18.9 Å². The second-order valence-corrected chi connectivity index (χ2v) is 6.89. The molecule has 128 valence electrons. The van der Waals surface area contributed by atoms with Crippen LogP contribution in [0.25, 0.3) is 0 Å². The molecule has 1 N–H and O–H groups in total. The number of carbonyl (C=O) groups excluding carboxylic acids is 2. The van der Waals surface area contributed by atoms with Gasteiger partial charge in [0, 0.05) is 10.8 Å². The SMILES string of the molecule is C[C@H](NC(=O)OC(C)(C)C)C(=O)OCC1COc2cscc2O1. The Morgan fingerprint density at radius 2 is 2.09 bits per heavy atom. The monoisotopic (exact) mass is 343 g/mol. The van der Waals surface area contributed by atoms with E-state index in [1.165, 1.54) is 18.3 Å². The van der Waals surface area contributed by atoms with Gasteiger partial charge in [0.1, 0.15) is 24.9 Å². The van der Waals surface area contributed by atoms with Crippen molar-refractivity contribution in [3.63, 3.8) is 0 Å². The van der Waals surface area contributed by atoms with Crippen LogP contribution >= 0.6 is 11.3 Å². The molecule has 2 heterocycles. The van der Waals surface area contributed by atoms with E-state index in [0.717, 1.165) is 0 Å². The molecule has 0 bridgehead atoms. The van der Waals surface area contributed by atoms with Gasteiger partial charge in [0.2, 0.25) is 0 Å². The van der Waals surface area contributed by atoms with Crippen molar-refractivity contribution >= 4 is 23.4 Å². The first kappa shape index (κ1) is 17.4. The highest BCUT2D eigenvalue weighted by atomic mass is 32.1. The summed E-state index contributed by atoms with van der Waals surface area (Å²) >= 11 is 1.48. The average Bonchev–Trinajstić information content (AvgIpc) is 2.89. The fraction of sp³-hybridized carbons (Fsp3) is 0.600. The van der Waals surface area contributed by atoms with Gasteiger partial charge in [-0.05, 0) is 27.7 Å². The van der Waals surface area contributed by atoms with E-state index in [1.54, 1.807) is 20.8 Å². The van der Waals surface area contributed by atoms with E-state index in [-0.39, 0.29) is 12.7 Å². The summed E-state index contributed by atoms with van der Waals surface area (Å²) in [5.41, 5.74) is -0.626. The lowest BCUT2D eigenvalue weighted by atomic mass is 10.2. The number of rotatable bonds is 4. The maximum absolute atomic E-state index is 11.9. The summed E-state index contributed by atoms with van der Waals surface area (Å²) in [4.78, 5) is 23.5. The maximum atomic E-state index is 11.9. The maximum Gasteiger partial charge on any atom is 0.408 e. The second kappa shape index (κ2) is 7.08. The Labute approximate surface area is 138 Å². The molecule has 2 rings (SSSR count). The van der Waals surface area contributed by atoms with Crippen molar-refractivity contribution in [1.29, 1.82) is 0 Å². The number of esters is 1. The largest absolute Gasteiger partial charge is 0.485 e. The summed E-state index contributed by atoms with van der Waals surface area (Å²) in [5.74, 6) is 0.801. The summed E-state index contributed by atoms with van der Waals surface area (Å²) in [7, 11) is 0. The number of amides is 1. The predicted octanol–water partition coefficient (Wildman–Crippen LogP) is 2.34. The Morgan fingerprint density at radius 3 is 2.78 bits per heavy atom. The fourth-order valence-corrected chi connectivity index (χ4v) is 2.46. The average molecular weight is 343 g/mol. The van der Waals surface area contributed by atoms with Gasteiger partial charge in [-0.2, -0.15) is 0 Å². The zero-order chi connectivity index (χ0) is 17.0. The quantitative estimate of drug-likeness (QED) is 0.845. The molecule has 0 fully saturated rings. The highest BCUT2D eigenvalue weighted by Gasteiger charge is 2.26. The van der Waals surface area contributed by atoms with Gasteiger partial charge in [-0.15, -0.1) is 11.3 Å². The van der Waals surface area contributed by atoms with Crippen LogP contribution in [0.2, 0.25) is 0 Å². The van der Waals surface area contributed by atoms with Crippen LogP contribution in [-0.4, -0.2) is 43.0 Å². The summed E-state index contributed by atoms with van der Waals surface area (Å²) in [6.45, 7) is 7.12. The Bertz CT molecular complexity index is 565. The Morgan fingerprint density at radius 1 is 1.39 bits per heavy atom. The third-order valence-electron chi connectivity index (χ3n) is 2.81. The molecule has 1 aromatic heterocycles. The van der Waals surface area contributed by atoms with Crippen LogP contribution in [0.15, 0.2) is 10.8 Å². The van der Waals surface area contributed by atoms with Crippen molar-refractivity contribution < 1.29 is 28.5 Å². The van der Waals surface area contributed by atoms with Gasteiger partial charge in [-0.1, -0.05) is 0 Å². The van der Waals surface area contributed by atoms with E-state index < -0.39 is 23.7 Å². The lowest BCUT2D eigenvalue weighted by Gasteiger charge is -2.25. The van der Waals surface area contributed by atoms with E-state index in [1.807, 2.05) is 10.8 Å². The van der Waals surface area contributed by atoms with Crippen molar-refractivity contribution in [2.75, 3.05) is 13.2 Å². The van der Waals surface area contributed by atoms with Gasteiger partial charge in [-0.3, -0.25) is 0 Å². The molecule has 23 heavy (non-hydrogen) atoms. The zero-order valence-electron chi connectivity index (χ0n) is 13.6. The fourth-order valence-electron chi connectivity index (χ4n) is 1.79. The number of alkyl carbamates (subject to hydrolysis) is 1. The lowest BCUT2D eigenvalue weighted by molar-refractivity contribution is -0.149. The molecule has 1 amide bonds. The topological polar surface area (TPSA) is 83.1 Å². The van der Waals surface area contributed by atoms with Gasteiger partial charge >= 0.3 is 12.1 Å². The first-order valence-electron chi connectivity index (χ1n) is 7.26. The molecule has 7 nitrogen and oxygen atoms in total. The summed E-state index contributed by atoms with van der Waals surface area (Å²) in [5, 5.41) is 6.11. The Balaban J connectivity index is 1.73. The minimum absolute atomic E-state index is 0.0501. The number of carbonyl (C=O) groups is 2. The summed E-state index contributed by atoms with van der Waals surface area (Å²) in [6, 6.07) is -0.814. The van der Waals surface area contributed by atoms with Gasteiger partial charge in [0.15, 0.2) is 17.6 Å². The van der Waals surface area contributed by atoms with Crippen LogP contribution < -0.4 is 14.8 Å². The normalized spacial score (nSPS) is 18.0. The first-order chi connectivity index (χ1) is 10.7. The molecule has 0 spiro atoms. The molecule has 0 saturated carbocycles. The number of nitrogens with one attached hydrogen (secondary N) is 1. The minimum Gasteiger partial charge on any atom is -0.485 e. The molecule has 0 aromatic carbocycles. The van der Waals surface area contributed by atoms with Gasteiger partial charge in [0.25, 0.3) is 0 Å². The van der Waals surface area contributed by atoms with Crippen molar-refractivity contribution in [2.24, 2.45) is 0 Å². The number of hydrogen-bond donors (Lipinski definition) is 1. The van der Waals surface area contributed by atoms with Gasteiger partial charge in [-0.25, -0.2) is 9.59 Å². The first-order valence-corrected chi connectivity index (χ1v) is 8.20. The Hall–Kier alpha value is -1.96. The number of ether oxygens (including phenoxy) is 4. The smallest absolute Gasteiger partial charge is 0.408 e. The minimum atomic E-state index is -0.814. The Kier molecular flexibility index (Phi) is 5.35. The van der Waals surface area contributed by atoms with Crippen LogP contribution in [-0.2, 0) is 14.3 Å². The molecular weight excluding hydrogens is 322 g/mol. The number of hydrogen-bond acceptors (Lipinski definition) is 7. The molecule has 0 radical (unpaired) electrons. The predicted molar refractivity (Wildman–Crippen MR) is 84.0 cm³/mol. The highest BCUT2D eigenvalue weighted by molar-refractivity contribution is 7.08. The second-order valence-electron chi connectivity index (χ2n) is 6.15. The van der Waals surface area contributed by atoms with Crippen LogP contribution in [0.5, 0.6) is 11.5 Å². The van der Waals surface area contributed by atoms with Gasteiger partial charge < -0.3 is 24.3 Å². The van der Waals surface area contributed by atoms with Crippen LogP contribution in [0.4, 0.5) is 4.79 Å². The zero-order valence-corrected chi connectivity index (χ0v) is 14.4. The highest BCUT2D eigenvalue weighted by Crippen LogP contribution is 2.35. The lowest BCUT2D eigenvalue weighted by Crippen LogP contribution is -2.43. The molecule has 1 unspecified atom stereocenters. The van der Waals surface area contributed by atoms with Crippen molar-refractivity contribution in [2.45, 2.75) is 45.4 Å². The van der Waals surface area contributed by atoms with Crippen molar-refractivity contribution in [3.8, 4) is 11.5 Å². The molecular formula is C15H21NO6S. The molecule has 8 heteroatoms. The van der Waals surface area contributed by atoms with Crippen LogP contribution in [0.1, 0.15) is 27.7 Å². The standard InChI is InChI=1S/C15H21NO6S/c1-9(16-14(18)22-15(2,3)4)13(17)20-6-10-5-19-11-7-23-8-12(11)21-10/h7-10H,5-6H2,1-4H3,(H,16,18)/t9-,10?/m0/s1. The van der Waals surface area contributed by atoms with E-state index in [2.05, 4.69) is 5.32 Å². The summed E-state index contributed by atoms with van der Waals surface area (Å²) in [6.07, 6.45) is -1.03. The molecule has 1 aromatic rings. The molecule has 1 aliphatic heterocycles.